The summed E-state index contributed by atoms with van der Waals surface area (Å²) in [4.78, 5) is 51.6. The predicted molar refractivity (Wildman–Crippen MR) is 107 cm³/mol. The number of hydrogen-bond acceptors (Lipinski definition) is 5. The van der Waals surface area contributed by atoms with Crippen LogP contribution in [-0.4, -0.2) is 66.4 Å². The van der Waals surface area contributed by atoms with Gasteiger partial charge in [0.2, 0.25) is 11.7 Å². The molecule has 2 atom stereocenters. The van der Waals surface area contributed by atoms with Crippen LogP contribution in [0.1, 0.15) is 58.8 Å². The molecule has 0 radical (unpaired) electrons. The van der Waals surface area contributed by atoms with Crippen LogP contribution >= 0.6 is 0 Å². The molecular weight excluding hydrogens is 376 g/mol. The minimum absolute atomic E-state index is 0.237. The molecule has 0 aromatic carbocycles. The van der Waals surface area contributed by atoms with E-state index in [9.17, 15) is 19.2 Å². The highest BCUT2D eigenvalue weighted by atomic mass is 16.5. The summed E-state index contributed by atoms with van der Waals surface area (Å²) in [5, 5.41) is 5.69. The van der Waals surface area contributed by atoms with E-state index in [4.69, 9.17) is 10.5 Å². The van der Waals surface area contributed by atoms with Gasteiger partial charge in [0, 0.05) is 13.1 Å². The largest absolute Gasteiger partial charge is 0.378 e. The zero-order valence-corrected chi connectivity index (χ0v) is 17.5. The van der Waals surface area contributed by atoms with Crippen LogP contribution in [0.3, 0.4) is 0 Å². The van der Waals surface area contributed by atoms with Crippen molar-refractivity contribution in [3.05, 3.63) is 0 Å². The van der Waals surface area contributed by atoms with Crippen LogP contribution in [-0.2, 0) is 19.1 Å². The van der Waals surface area contributed by atoms with Crippen LogP contribution in [0, 0.1) is 5.92 Å². The van der Waals surface area contributed by atoms with Crippen molar-refractivity contribution >= 4 is 23.6 Å². The van der Waals surface area contributed by atoms with Gasteiger partial charge >= 0.3 is 6.03 Å². The van der Waals surface area contributed by atoms with Crippen molar-refractivity contribution in [3.8, 4) is 0 Å². The summed E-state index contributed by atoms with van der Waals surface area (Å²) in [6.45, 7) is 5.66. The van der Waals surface area contributed by atoms with Gasteiger partial charge in [0.15, 0.2) is 0 Å². The van der Waals surface area contributed by atoms with Crippen LogP contribution < -0.4 is 16.4 Å². The van der Waals surface area contributed by atoms with E-state index in [2.05, 4.69) is 10.6 Å². The average Bonchev–Trinajstić information content (AvgIpc) is 2.72. The number of nitrogens with zero attached hydrogens (tertiary/aromatic N) is 1. The molecule has 0 aromatic heterocycles. The zero-order chi connectivity index (χ0) is 21.4. The number of carbonyl (C=O) groups excluding carboxylic acids is 4. The molecule has 0 spiro atoms. The monoisotopic (exact) mass is 410 g/mol. The smallest absolute Gasteiger partial charge is 0.318 e. The molecule has 1 heterocycles. The van der Waals surface area contributed by atoms with Crippen LogP contribution in [0.25, 0.3) is 0 Å². The first-order valence-electron chi connectivity index (χ1n) is 10.6. The number of nitrogens with two attached hydrogens (primary N) is 1. The van der Waals surface area contributed by atoms with Crippen LogP contribution in [0.15, 0.2) is 0 Å². The number of urea groups is 1. The van der Waals surface area contributed by atoms with Crippen LogP contribution in [0.2, 0.25) is 0 Å². The number of ketones is 1. The van der Waals surface area contributed by atoms with Gasteiger partial charge in [-0.25, -0.2) is 4.79 Å². The molecule has 1 saturated heterocycles. The van der Waals surface area contributed by atoms with E-state index in [0.29, 0.717) is 45.6 Å². The molecule has 9 nitrogen and oxygen atoms in total. The third-order valence-electron chi connectivity index (χ3n) is 5.91. The molecule has 1 unspecified atom stereocenters. The third kappa shape index (κ3) is 5.91. The Hall–Kier alpha value is -2.16. The fourth-order valence-electron chi connectivity index (χ4n) is 4.14. The van der Waals surface area contributed by atoms with E-state index in [1.165, 1.54) is 0 Å². The molecule has 1 saturated carbocycles. The van der Waals surface area contributed by atoms with Gasteiger partial charge < -0.3 is 26.0 Å². The molecule has 0 aromatic rings. The second-order valence-electron chi connectivity index (χ2n) is 8.12. The minimum atomic E-state index is -1.09. The number of hydrogen-bond donors (Lipinski definition) is 3. The number of amides is 4. The second kappa shape index (κ2) is 10.6. The molecule has 1 aliphatic heterocycles. The topological polar surface area (TPSA) is 131 Å². The van der Waals surface area contributed by atoms with E-state index in [-0.39, 0.29) is 11.9 Å². The highest BCUT2D eigenvalue weighted by Crippen LogP contribution is 2.29. The van der Waals surface area contributed by atoms with Crippen molar-refractivity contribution in [3.63, 3.8) is 0 Å². The number of carbonyl (C=O) groups is 4. The minimum Gasteiger partial charge on any atom is -0.378 e. The van der Waals surface area contributed by atoms with Crippen molar-refractivity contribution in [1.82, 2.24) is 15.5 Å². The molecule has 2 aliphatic rings. The first-order valence-corrected chi connectivity index (χ1v) is 10.6. The van der Waals surface area contributed by atoms with Gasteiger partial charge in [0.05, 0.1) is 19.3 Å². The molecule has 4 N–H and O–H groups in total. The molecular formula is C20H34N4O5. The highest BCUT2D eigenvalue weighted by molar-refractivity contribution is 6.38. The Kier molecular flexibility index (Phi) is 8.43. The molecule has 1 aliphatic carbocycles. The summed E-state index contributed by atoms with van der Waals surface area (Å²) in [6.07, 6.45) is 5.04. The number of ether oxygens (including phenoxy) is 1. The Morgan fingerprint density at radius 3 is 2.28 bits per heavy atom. The van der Waals surface area contributed by atoms with Gasteiger partial charge in [-0.2, -0.15) is 0 Å². The second-order valence-corrected chi connectivity index (χ2v) is 8.12. The quantitative estimate of drug-likeness (QED) is 0.507. The number of rotatable bonds is 8. The Labute approximate surface area is 172 Å². The molecule has 164 valence electrons. The van der Waals surface area contributed by atoms with E-state index in [1.807, 2.05) is 13.8 Å². The lowest BCUT2D eigenvalue weighted by atomic mass is 9.80. The van der Waals surface area contributed by atoms with Gasteiger partial charge in [-0.1, -0.05) is 39.5 Å². The first-order chi connectivity index (χ1) is 13.8. The molecule has 2 fully saturated rings. The van der Waals surface area contributed by atoms with Gasteiger partial charge in [-0.3, -0.25) is 14.4 Å². The molecule has 2 rings (SSSR count). The Morgan fingerprint density at radius 1 is 1.10 bits per heavy atom. The van der Waals surface area contributed by atoms with E-state index in [1.54, 1.807) is 4.90 Å². The zero-order valence-electron chi connectivity index (χ0n) is 17.5. The van der Waals surface area contributed by atoms with E-state index in [0.717, 1.165) is 25.7 Å². The normalized spacial score (nSPS) is 21.0. The van der Waals surface area contributed by atoms with Crippen molar-refractivity contribution in [2.75, 3.05) is 26.3 Å². The van der Waals surface area contributed by atoms with Crippen molar-refractivity contribution in [2.45, 2.75) is 70.4 Å². The van der Waals surface area contributed by atoms with Gasteiger partial charge in [0.25, 0.3) is 5.91 Å². The number of primary amides is 1. The summed E-state index contributed by atoms with van der Waals surface area (Å²) in [7, 11) is 0. The maximum absolute atomic E-state index is 13.3. The van der Waals surface area contributed by atoms with Gasteiger partial charge in [-0.15, -0.1) is 0 Å². The van der Waals surface area contributed by atoms with E-state index < -0.39 is 29.2 Å². The Morgan fingerprint density at radius 2 is 1.72 bits per heavy atom. The first kappa shape index (κ1) is 23.1. The summed E-state index contributed by atoms with van der Waals surface area (Å²) in [6, 6.07) is -1.29. The highest BCUT2D eigenvalue weighted by Gasteiger charge is 2.44. The average molecular weight is 411 g/mol. The summed E-state index contributed by atoms with van der Waals surface area (Å²) < 4.78 is 5.28. The van der Waals surface area contributed by atoms with Crippen molar-refractivity contribution < 1.29 is 23.9 Å². The Bertz CT molecular complexity index is 612. The SMILES string of the molecule is CCCC(C)[C@H](NC(=O)C1(NC(=O)N2CCOCC2)CCCCC1)C(=O)C(N)=O. The molecule has 4 amide bonds. The number of Topliss-reactive ketones (excluding diaryl/α,β-unsaturated/α-hetero) is 1. The van der Waals surface area contributed by atoms with Crippen LogP contribution in [0.5, 0.6) is 0 Å². The summed E-state index contributed by atoms with van der Waals surface area (Å²) in [5.74, 6) is -2.51. The van der Waals surface area contributed by atoms with Crippen molar-refractivity contribution in [2.24, 2.45) is 11.7 Å². The van der Waals surface area contributed by atoms with Gasteiger partial charge in [-0.05, 0) is 25.2 Å². The van der Waals surface area contributed by atoms with E-state index >= 15 is 0 Å². The Balaban J connectivity index is 2.18. The van der Waals surface area contributed by atoms with Crippen molar-refractivity contribution in [1.29, 1.82) is 0 Å². The maximum atomic E-state index is 13.3. The molecule has 9 heteroatoms. The standard InChI is InChI=1S/C20H34N4O5/c1-3-7-14(2)15(16(25)17(21)26)22-18(27)20(8-5-4-6-9-20)23-19(28)24-10-12-29-13-11-24/h14-15H,3-13H2,1-2H3,(H2,21,26)(H,22,27)(H,23,28)/t14?,15-/m0/s1. The van der Waals surface area contributed by atoms with Crippen LogP contribution in [0.4, 0.5) is 4.79 Å². The number of nitrogens with one attached hydrogen (secondary N) is 2. The van der Waals surface area contributed by atoms with Gasteiger partial charge in [0.1, 0.15) is 5.54 Å². The summed E-state index contributed by atoms with van der Waals surface area (Å²) >= 11 is 0. The predicted octanol–water partition coefficient (Wildman–Crippen LogP) is 0.707. The maximum Gasteiger partial charge on any atom is 0.318 e. The molecule has 0 bridgehead atoms. The summed E-state index contributed by atoms with van der Waals surface area (Å²) in [5.41, 5.74) is 4.12. The molecule has 29 heavy (non-hydrogen) atoms. The fraction of sp³-hybridized carbons (Fsp3) is 0.800. The lowest BCUT2D eigenvalue weighted by molar-refractivity contribution is -0.140. The lowest BCUT2D eigenvalue weighted by Gasteiger charge is -2.40. The number of morpholine rings is 1. The fourth-order valence-corrected chi connectivity index (χ4v) is 4.14. The third-order valence-corrected chi connectivity index (χ3v) is 5.91. The lowest BCUT2D eigenvalue weighted by Crippen LogP contribution is -2.65.